The van der Waals surface area contributed by atoms with E-state index in [1.807, 2.05) is 91.0 Å². The van der Waals surface area contributed by atoms with E-state index in [0.717, 1.165) is 22.4 Å². The van der Waals surface area contributed by atoms with E-state index in [-0.39, 0.29) is 10.8 Å². The molecule has 5 rings (SSSR count). The number of carbonyl (C=O) groups excluding carboxylic acids is 1. The van der Waals surface area contributed by atoms with Crippen LogP contribution in [-0.2, 0) is 27.8 Å². The number of anilines is 2. The molecule has 0 saturated carbocycles. The summed E-state index contributed by atoms with van der Waals surface area (Å²) < 4.78 is 25.5. The lowest BCUT2D eigenvalue weighted by atomic mass is 9.98. The quantitative estimate of drug-likeness (QED) is 0.313. The maximum Gasteiger partial charge on any atom is 0.256 e. The Morgan fingerprint density at radius 3 is 2.17 bits per heavy atom. The zero-order valence-electron chi connectivity index (χ0n) is 19.4. The number of carbonyl (C=O) groups is 1. The number of amides is 1. The Morgan fingerprint density at radius 2 is 1.47 bits per heavy atom. The Hall–Kier alpha value is -4.20. The lowest BCUT2D eigenvalue weighted by Gasteiger charge is -2.18. The largest absolute Gasteiger partial charge is 0.381 e. The Kier molecular flexibility index (Phi) is 6.41. The number of para-hydroxylation sites is 1. The van der Waals surface area contributed by atoms with Gasteiger partial charge in [-0.25, -0.2) is 13.6 Å². The monoisotopic (exact) mass is 495 g/mol. The Morgan fingerprint density at radius 1 is 0.833 bits per heavy atom. The van der Waals surface area contributed by atoms with Crippen molar-refractivity contribution in [1.29, 1.82) is 0 Å². The Labute approximate surface area is 210 Å². The molecule has 180 valence electrons. The number of fused-ring (bicyclic) bond motifs is 1. The van der Waals surface area contributed by atoms with Crippen molar-refractivity contribution in [3.63, 3.8) is 0 Å². The topological polar surface area (TPSA) is 101 Å². The van der Waals surface area contributed by atoms with E-state index in [0.29, 0.717) is 35.4 Å². The van der Waals surface area contributed by atoms with Gasteiger partial charge < -0.3 is 10.6 Å². The highest BCUT2D eigenvalue weighted by molar-refractivity contribution is 7.89. The molecule has 0 atom stereocenters. The molecule has 4 aromatic rings. The highest BCUT2D eigenvalue weighted by Crippen LogP contribution is 2.35. The summed E-state index contributed by atoms with van der Waals surface area (Å²) in [6.07, 6.45) is 2.08. The standard InChI is InChI=1S/C29H25N3O3S/c30-36(34,35)28-18-22(16-24-23-13-7-8-14-26(23)32-29(24)33)17-27(31-19-21-11-5-2-6-12-21)25(28)15-20-9-3-1-4-10-20/h1-14,16-18,31H,15,19H2,(H,32,33)(H2,30,34,35). The van der Waals surface area contributed by atoms with Gasteiger partial charge in [0.2, 0.25) is 10.0 Å². The van der Waals surface area contributed by atoms with Crippen LogP contribution < -0.4 is 15.8 Å². The fourth-order valence-electron chi connectivity index (χ4n) is 4.39. The molecule has 0 aromatic heterocycles. The summed E-state index contributed by atoms with van der Waals surface area (Å²) in [6, 6.07) is 30.3. The van der Waals surface area contributed by atoms with Gasteiger partial charge in [-0.05, 0) is 46.5 Å². The van der Waals surface area contributed by atoms with Crippen molar-refractivity contribution in [3.05, 3.63) is 125 Å². The Bertz CT molecular complexity index is 1560. The highest BCUT2D eigenvalue weighted by Gasteiger charge is 2.25. The molecule has 0 bridgehead atoms. The Balaban J connectivity index is 1.64. The molecule has 0 spiro atoms. The van der Waals surface area contributed by atoms with Crippen molar-refractivity contribution in [2.45, 2.75) is 17.9 Å². The first-order valence-corrected chi connectivity index (χ1v) is 13.1. The molecule has 36 heavy (non-hydrogen) atoms. The first kappa shape index (κ1) is 23.5. The van der Waals surface area contributed by atoms with Gasteiger partial charge in [-0.15, -0.1) is 0 Å². The number of sulfonamides is 1. The van der Waals surface area contributed by atoms with Crippen LogP contribution in [0.15, 0.2) is 102 Å². The fraction of sp³-hybridized carbons (Fsp3) is 0.0690. The highest BCUT2D eigenvalue weighted by atomic mass is 32.2. The van der Waals surface area contributed by atoms with E-state index in [9.17, 15) is 13.2 Å². The zero-order valence-corrected chi connectivity index (χ0v) is 20.3. The van der Waals surface area contributed by atoms with E-state index in [1.165, 1.54) is 0 Å². The normalized spacial score (nSPS) is 13.9. The van der Waals surface area contributed by atoms with Gasteiger partial charge in [0.05, 0.1) is 4.90 Å². The summed E-state index contributed by atoms with van der Waals surface area (Å²) in [7, 11) is -4.06. The third-order valence-corrected chi connectivity index (χ3v) is 7.09. The second-order valence-corrected chi connectivity index (χ2v) is 10.2. The van der Waals surface area contributed by atoms with Gasteiger partial charge in [-0.1, -0.05) is 78.9 Å². The van der Waals surface area contributed by atoms with Gasteiger partial charge in [0.1, 0.15) is 0 Å². The van der Waals surface area contributed by atoms with Crippen LogP contribution in [0.25, 0.3) is 11.6 Å². The molecule has 1 aliphatic rings. The molecular weight excluding hydrogens is 470 g/mol. The number of hydrogen-bond donors (Lipinski definition) is 3. The van der Waals surface area contributed by atoms with Gasteiger partial charge in [-0.2, -0.15) is 0 Å². The predicted molar refractivity (Wildman–Crippen MR) is 144 cm³/mol. The van der Waals surface area contributed by atoms with Gasteiger partial charge in [0.15, 0.2) is 0 Å². The van der Waals surface area contributed by atoms with Crippen LogP contribution in [0.3, 0.4) is 0 Å². The maximum absolute atomic E-state index is 12.8. The lowest BCUT2D eigenvalue weighted by molar-refractivity contribution is -0.110. The molecule has 1 aliphatic heterocycles. The van der Waals surface area contributed by atoms with Crippen molar-refractivity contribution in [2.24, 2.45) is 5.14 Å². The van der Waals surface area contributed by atoms with Crippen molar-refractivity contribution in [2.75, 3.05) is 10.6 Å². The summed E-state index contributed by atoms with van der Waals surface area (Å²) in [6.45, 7) is 0.496. The molecule has 1 heterocycles. The number of hydrogen-bond acceptors (Lipinski definition) is 4. The summed E-state index contributed by atoms with van der Waals surface area (Å²) in [5, 5.41) is 12.0. The van der Waals surface area contributed by atoms with E-state index >= 15 is 0 Å². The summed E-state index contributed by atoms with van der Waals surface area (Å²) in [5.74, 6) is -0.236. The van der Waals surface area contributed by atoms with Gasteiger partial charge in [0, 0.05) is 35.5 Å². The molecule has 0 saturated heterocycles. The number of benzene rings is 4. The van der Waals surface area contributed by atoms with Crippen molar-refractivity contribution >= 4 is 39.0 Å². The third kappa shape index (κ3) is 5.07. The van der Waals surface area contributed by atoms with Gasteiger partial charge in [-0.3, -0.25) is 4.79 Å². The third-order valence-electron chi connectivity index (χ3n) is 6.11. The number of nitrogens with two attached hydrogens (primary N) is 1. The van der Waals surface area contributed by atoms with Crippen molar-refractivity contribution < 1.29 is 13.2 Å². The van der Waals surface area contributed by atoms with Crippen molar-refractivity contribution in [1.82, 2.24) is 0 Å². The number of rotatable bonds is 7. The second-order valence-electron chi connectivity index (χ2n) is 8.65. The average molecular weight is 496 g/mol. The smallest absolute Gasteiger partial charge is 0.256 e. The van der Waals surface area contributed by atoms with Crippen LogP contribution in [0.4, 0.5) is 11.4 Å². The molecule has 6 nitrogen and oxygen atoms in total. The van der Waals surface area contributed by atoms with Crippen LogP contribution in [0.5, 0.6) is 0 Å². The maximum atomic E-state index is 12.8. The number of nitrogens with one attached hydrogen (secondary N) is 2. The van der Waals surface area contributed by atoms with Crippen LogP contribution in [0.1, 0.15) is 27.8 Å². The van der Waals surface area contributed by atoms with E-state index in [1.54, 1.807) is 12.1 Å². The van der Waals surface area contributed by atoms with Gasteiger partial charge >= 0.3 is 0 Å². The molecule has 0 fully saturated rings. The molecule has 7 heteroatoms. The van der Waals surface area contributed by atoms with Crippen LogP contribution in [0, 0.1) is 0 Å². The minimum absolute atomic E-state index is 0.0305. The van der Waals surface area contributed by atoms with E-state index in [2.05, 4.69) is 10.6 Å². The van der Waals surface area contributed by atoms with Gasteiger partial charge in [0.25, 0.3) is 5.91 Å². The average Bonchev–Trinajstić information content (AvgIpc) is 3.19. The zero-order chi connectivity index (χ0) is 25.1. The molecule has 4 N–H and O–H groups in total. The lowest BCUT2D eigenvalue weighted by Crippen LogP contribution is -2.17. The van der Waals surface area contributed by atoms with E-state index < -0.39 is 10.0 Å². The SMILES string of the molecule is NS(=O)(=O)c1cc(C=C2C(=O)Nc3ccccc32)cc(NCc2ccccc2)c1Cc1ccccc1. The summed E-state index contributed by atoms with van der Waals surface area (Å²) in [4.78, 5) is 12.7. The molecule has 0 unspecified atom stereocenters. The molecular formula is C29H25N3O3S. The predicted octanol–water partition coefficient (Wildman–Crippen LogP) is 5.03. The van der Waals surface area contributed by atoms with Crippen LogP contribution in [-0.4, -0.2) is 14.3 Å². The second kappa shape index (κ2) is 9.81. The molecule has 1 amide bonds. The first-order valence-electron chi connectivity index (χ1n) is 11.5. The molecule has 4 aromatic carbocycles. The molecule has 0 radical (unpaired) electrons. The van der Waals surface area contributed by atoms with Crippen LogP contribution >= 0.6 is 0 Å². The number of primary sulfonamides is 1. The van der Waals surface area contributed by atoms with Crippen molar-refractivity contribution in [3.8, 4) is 0 Å². The first-order chi connectivity index (χ1) is 17.4. The summed E-state index contributed by atoms with van der Waals surface area (Å²) >= 11 is 0. The summed E-state index contributed by atoms with van der Waals surface area (Å²) in [5.41, 5.74) is 5.76. The van der Waals surface area contributed by atoms with Crippen LogP contribution in [0.2, 0.25) is 0 Å². The minimum Gasteiger partial charge on any atom is -0.381 e. The minimum atomic E-state index is -4.06. The van der Waals surface area contributed by atoms with E-state index in [4.69, 9.17) is 5.14 Å². The fourth-order valence-corrected chi connectivity index (χ4v) is 5.21. The molecule has 0 aliphatic carbocycles.